The molecule has 0 spiro atoms. The Hall–Kier alpha value is -2.62. The van der Waals surface area contributed by atoms with E-state index in [4.69, 9.17) is 0 Å². The number of anilines is 1. The average molecular weight is 305 g/mol. The second-order valence-electron chi connectivity index (χ2n) is 6.15. The van der Waals surface area contributed by atoms with E-state index in [2.05, 4.69) is 27.0 Å². The molecule has 0 atom stereocenters. The van der Waals surface area contributed by atoms with Crippen molar-refractivity contribution < 1.29 is 4.79 Å². The molecule has 0 unspecified atom stereocenters. The van der Waals surface area contributed by atoms with Crippen molar-refractivity contribution in [3.05, 3.63) is 54.4 Å². The number of aromatic nitrogens is 2. The summed E-state index contributed by atoms with van der Waals surface area (Å²) in [7, 11) is 0. The zero-order valence-corrected chi connectivity index (χ0v) is 13.1. The highest BCUT2D eigenvalue weighted by Gasteiger charge is 2.25. The van der Waals surface area contributed by atoms with Gasteiger partial charge in [-0.2, -0.15) is 0 Å². The van der Waals surface area contributed by atoms with Crippen LogP contribution in [-0.2, 0) is 4.79 Å². The number of para-hydroxylation sites is 1. The van der Waals surface area contributed by atoms with Crippen molar-refractivity contribution in [2.24, 2.45) is 5.92 Å². The monoisotopic (exact) mass is 305 g/mol. The van der Waals surface area contributed by atoms with E-state index in [-0.39, 0.29) is 11.8 Å². The van der Waals surface area contributed by atoms with Gasteiger partial charge in [0.1, 0.15) is 5.82 Å². The molecule has 1 aliphatic carbocycles. The Labute approximate surface area is 135 Å². The molecule has 1 saturated carbocycles. The number of hydrogen-bond acceptors (Lipinski definition) is 2. The molecule has 116 valence electrons. The molecule has 4 nitrogen and oxygen atoms in total. The van der Waals surface area contributed by atoms with E-state index in [9.17, 15) is 4.79 Å². The molecule has 1 N–H and O–H groups in total. The van der Waals surface area contributed by atoms with E-state index in [1.165, 1.54) is 0 Å². The van der Waals surface area contributed by atoms with Crippen LogP contribution in [0.2, 0.25) is 0 Å². The lowest BCUT2D eigenvalue weighted by atomic mass is 9.85. The van der Waals surface area contributed by atoms with Gasteiger partial charge in [-0.15, -0.1) is 0 Å². The number of imidazole rings is 1. The maximum Gasteiger partial charge on any atom is 0.227 e. The Morgan fingerprint density at radius 1 is 1.17 bits per heavy atom. The second kappa shape index (κ2) is 5.54. The molecule has 0 saturated heterocycles. The summed E-state index contributed by atoms with van der Waals surface area (Å²) in [6.07, 6.45) is 3.18. The number of amides is 1. The predicted octanol–water partition coefficient (Wildman–Crippen LogP) is 4.07. The van der Waals surface area contributed by atoms with Crippen molar-refractivity contribution in [2.75, 3.05) is 5.32 Å². The third kappa shape index (κ3) is 2.50. The van der Waals surface area contributed by atoms with Gasteiger partial charge in [0.25, 0.3) is 0 Å². The zero-order chi connectivity index (χ0) is 15.8. The fourth-order valence-electron chi connectivity index (χ4n) is 3.10. The van der Waals surface area contributed by atoms with Gasteiger partial charge in [-0.25, -0.2) is 4.98 Å². The first-order valence-electron chi connectivity index (χ1n) is 8.08. The third-order valence-corrected chi connectivity index (χ3v) is 4.58. The smallest absolute Gasteiger partial charge is 0.227 e. The fraction of sp³-hybridized carbons (Fsp3) is 0.263. The SMILES string of the molecule is Cc1nc2cc(NC(=O)C3CCC3)ccc2n1-c1ccccc1. The lowest BCUT2D eigenvalue weighted by Crippen LogP contribution is -2.27. The maximum absolute atomic E-state index is 12.1. The van der Waals surface area contributed by atoms with Crippen LogP contribution in [0.4, 0.5) is 5.69 Å². The number of aryl methyl sites for hydroxylation is 1. The second-order valence-corrected chi connectivity index (χ2v) is 6.15. The van der Waals surface area contributed by atoms with Crippen LogP contribution < -0.4 is 5.32 Å². The van der Waals surface area contributed by atoms with Crippen LogP contribution in [0.5, 0.6) is 0 Å². The summed E-state index contributed by atoms with van der Waals surface area (Å²) >= 11 is 0. The predicted molar refractivity (Wildman–Crippen MR) is 91.8 cm³/mol. The Morgan fingerprint density at radius 3 is 2.65 bits per heavy atom. The first kappa shape index (κ1) is 14.0. The van der Waals surface area contributed by atoms with Crippen LogP contribution in [0, 0.1) is 12.8 Å². The summed E-state index contributed by atoms with van der Waals surface area (Å²) in [6.45, 7) is 2.00. The Balaban J connectivity index is 1.69. The largest absolute Gasteiger partial charge is 0.326 e. The minimum atomic E-state index is 0.134. The van der Waals surface area contributed by atoms with Gasteiger partial charge in [-0.1, -0.05) is 24.6 Å². The van der Waals surface area contributed by atoms with E-state index >= 15 is 0 Å². The van der Waals surface area contributed by atoms with Crippen molar-refractivity contribution >= 4 is 22.6 Å². The van der Waals surface area contributed by atoms with Crippen LogP contribution in [0.15, 0.2) is 48.5 Å². The Bertz CT molecular complexity index is 863. The molecule has 23 heavy (non-hydrogen) atoms. The summed E-state index contributed by atoms with van der Waals surface area (Å²) in [4.78, 5) is 16.7. The average Bonchev–Trinajstić information content (AvgIpc) is 2.81. The minimum Gasteiger partial charge on any atom is -0.326 e. The lowest BCUT2D eigenvalue weighted by molar-refractivity contribution is -0.122. The third-order valence-electron chi connectivity index (χ3n) is 4.58. The van der Waals surface area contributed by atoms with E-state index in [0.29, 0.717) is 0 Å². The van der Waals surface area contributed by atoms with Gasteiger partial charge in [0.05, 0.1) is 11.0 Å². The number of carbonyl (C=O) groups is 1. The molecule has 1 heterocycles. The first-order chi connectivity index (χ1) is 11.2. The van der Waals surface area contributed by atoms with Gasteiger partial charge in [0.15, 0.2) is 0 Å². The lowest BCUT2D eigenvalue weighted by Gasteiger charge is -2.24. The molecule has 4 heteroatoms. The van der Waals surface area contributed by atoms with Crippen molar-refractivity contribution in [3.8, 4) is 5.69 Å². The van der Waals surface area contributed by atoms with Crippen molar-refractivity contribution in [1.29, 1.82) is 0 Å². The molecule has 1 aliphatic rings. The molecule has 0 radical (unpaired) electrons. The first-order valence-corrected chi connectivity index (χ1v) is 8.08. The Morgan fingerprint density at radius 2 is 1.96 bits per heavy atom. The molecule has 1 aromatic heterocycles. The molecular formula is C19H19N3O. The summed E-state index contributed by atoms with van der Waals surface area (Å²) in [5.74, 6) is 1.26. The minimum absolute atomic E-state index is 0.134. The van der Waals surface area contributed by atoms with Crippen molar-refractivity contribution in [1.82, 2.24) is 9.55 Å². The highest BCUT2D eigenvalue weighted by molar-refractivity contribution is 5.95. The topological polar surface area (TPSA) is 46.9 Å². The quantitative estimate of drug-likeness (QED) is 0.793. The van der Waals surface area contributed by atoms with Crippen molar-refractivity contribution in [3.63, 3.8) is 0 Å². The molecule has 1 amide bonds. The summed E-state index contributed by atoms with van der Waals surface area (Å²) in [5, 5.41) is 3.02. The summed E-state index contributed by atoms with van der Waals surface area (Å²) in [6, 6.07) is 16.1. The zero-order valence-electron chi connectivity index (χ0n) is 13.1. The molecular weight excluding hydrogens is 286 g/mol. The van der Waals surface area contributed by atoms with Gasteiger partial charge in [0.2, 0.25) is 5.91 Å². The van der Waals surface area contributed by atoms with E-state index in [1.54, 1.807) is 0 Å². The number of rotatable bonds is 3. The van der Waals surface area contributed by atoms with Crippen LogP contribution in [0.25, 0.3) is 16.7 Å². The van der Waals surface area contributed by atoms with E-state index in [0.717, 1.165) is 47.5 Å². The molecule has 4 rings (SSSR count). The van der Waals surface area contributed by atoms with E-state index < -0.39 is 0 Å². The van der Waals surface area contributed by atoms with Crippen LogP contribution >= 0.6 is 0 Å². The summed E-state index contributed by atoms with van der Waals surface area (Å²) in [5.41, 5.74) is 3.87. The van der Waals surface area contributed by atoms with Crippen LogP contribution in [0.3, 0.4) is 0 Å². The fourth-order valence-corrected chi connectivity index (χ4v) is 3.10. The Kier molecular flexibility index (Phi) is 3.37. The summed E-state index contributed by atoms with van der Waals surface area (Å²) < 4.78 is 2.13. The molecule has 3 aromatic rings. The number of nitrogens with one attached hydrogen (secondary N) is 1. The standard InChI is InChI=1S/C19H19N3O/c1-13-20-17-12-15(21-19(23)14-6-5-7-14)10-11-18(17)22(13)16-8-3-2-4-9-16/h2-4,8-12,14H,5-7H2,1H3,(H,21,23). The van der Waals surface area contributed by atoms with E-state index in [1.807, 2.05) is 43.3 Å². The molecule has 0 bridgehead atoms. The van der Waals surface area contributed by atoms with Gasteiger partial charge in [0, 0.05) is 17.3 Å². The maximum atomic E-state index is 12.1. The normalized spacial score (nSPS) is 14.7. The number of benzene rings is 2. The van der Waals surface area contributed by atoms with Gasteiger partial charge in [-0.05, 0) is 50.1 Å². The van der Waals surface area contributed by atoms with Gasteiger partial charge in [-0.3, -0.25) is 9.36 Å². The van der Waals surface area contributed by atoms with Crippen LogP contribution in [-0.4, -0.2) is 15.5 Å². The molecule has 0 aliphatic heterocycles. The number of nitrogens with zero attached hydrogens (tertiary/aromatic N) is 2. The number of carbonyl (C=O) groups excluding carboxylic acids is 1. The van der Waals surface area contributed by atoms with Crippen molar-refractivity contribution in [2.45, 2.75) is 26.2 Å². The van der Waals surface area contributed by atoms with Crippen LogP contribution in [0.1, 0.15) is 25.1 Å². The highest BCUT2D eigenvalue weighted by Crippen LogP contribution is 2.29. The van der Waals surface area contributed by atoms with Gasteiger partial charge >= 0.3 is 0 Å². The highest BCUT2D eigenvalue weighted by atomic mass is 16.1. The molecule has 1 fully saturated rings. The number of hydrogen-bond donors (Lipinski definition) is 1. The van der Waals surface area contributed by atoms with Gasteiger partial charge < -0.3 is 5.32 Å². The number of fused-ring (bicyclic) bond motifs is 1. The molecule has 2 aromatic carbocycles.